The van der Waals surface area contributed by atoms with Crippen LogP contribution in [0.5, 0.6) is 5.75 Å². The van der Waals surface area contributed by atoms with Crippen LogP contribution in [0.4, 0.5) is 5.69 Å². The van der Waals surface area contributed by atoms with Crippen molar-refractivity contribution in [1.29, 1.82) is 0 Å². The molecule has 0 aliphatic carbocycles. The molecule has 2 aromatic rings. The van der Waals surface area contributed by atoms with Crippen LogP contribution in [0.1, 0.15) is 6.92 Å². The molecular formula is C18H18ClNO6S. The minimum absolute atomic E-state index is 0.00378. The van der Waals surface area contributed by atoms with Gasteiger partial charge in [-0.05, 0) is 37.3 Å². The van der Waals surface area contributed by atoms with Gasteiger partial charge in [-0.1, -0.05) is 29.8 Å². The summed E-state index contributed by atoms with van der Waals surface area (Å²) in [6.07, 6.45) is 0.134. The van der Waals surface area contributed by atoms with E-state index in [0.29, 0.717) is 5.75 Å². The van der Waals surface area contributed by atoms with Crippen molar-refractivity contribution in [2.24, 2.45) is 0 Å². The lowest BCUT2D eigenvalue weighted by molar-refractivity contribution is -0.153. The monoisotopic (exact) mass is 411 g/mol. The highest BCUT2D eigenvalue weighted by atomic mass is 35.5. The summed E-state index contributed by atoms with van der Waals surface area (Å²) in [5, 5.41) is 2.57. The van der Waals surface area contributed by atoms with E-state index in [1.807, 2.05) is 6.07 Å². The molecule has 7 nitrogen and oxygen atoms in total. The van der Waals surface area contributed by atoms with Crippen molar-refractivity contribution in [2.75, 3.05) is 18.2 Å². The van der Waals surface area contributed by atoms with Crippen LogP contribution in [0, 0.1) is 0 Å². The van der Waals surface area contributed by atoms with Crippen molar-refractivity contribution < 1.29 is 27.5 Å². The number of hydrogen-bond donors (Lipinski definition) is 1. The van der Waals surface area contributed by atoms with Crippen molar-refractivity contribution in [2.45, 2.75) is 17.9 Å². The van der Waals surface area contributed by atoms with Gasteiger partial charge in [-0.2, -0.15) is 0 Å². The Morgan fingerprint density at radius 2 is 1.81 bits per heavy atom. The molecule has 27 heavy (non-hydrogen) atoms. The van der Waals surface area contributed by atoms with Gasteiger partial charge in [-0.25, -0.2) is 13.2 Å². The Morgan fingerprint density at radius 1 is 1.15 bits per heavy atom. The maximum Gasteiger partial charge on any atom is 0.347 e. The SMILES string of the molecule is C[C@@H](Oc1ccccc1)C(=O)OCC(=O)Nc1cc(S(C)(=O)=O)ccc1Cl. The van der Waals surface area contributed by atoms with Gasteiger partial charge < -0.3 is 14.8 Å². The third-order valence-electron chi connectivity index (χ3n) is 3.37. The second-order valence-corrected chi connectivity index (χ2v) is 8.07. The van der Waals surface area contributed by atoms with E-state index >= 15 is 0 Å². The van der Waals surface area contributed by atoms with Gasteiger partial charge in [0.15, 0.2) is 22.5 Å². The average molecular weight is 412 g/mol. The van der Waals surface area contributed by atoms with E-state index in [4.69, 9.17) is 21.1 Å². The molecule has 144 valence electrons. The first-order valence-corrected chi connectivity index (χ1v) is 10.1. The molecule has 0 saturated heterocycles. The Balaban J connectivity index is 1.91. The number of carbonyl (C=O) groups is 2. The predicted molar refractivity (Wildman–Crippen MR) is 101 cm³/mol. The van der Waals surface area contributed by atoms with Crippen molar-refractivity contribution >= 4 is 39.0 Å². The number of para-hydroxylation sites is 1. The number of anilines is 1. The second-order valence-electron chi connectivity index (χ2n) is 5.64. The number of carbonyl (C=O) groups excluding carboxylic acids is 2. The third-order valence-corrected chi connectivity index (χ3v) is 4.81. The van der Waals surface area contributed by atoms with Crippen molar-refractivity contribution in [3.63, 3.8) is 0 Å². The fourth-order valence-corrected chi connectivity index (χ4v) is 2.83. The summed E-state index contributed by atoms with van der Waals surface area (Å²) in [6.45, 7) is 0.931. The Hall–Kier alpha value is -2.58. The molecule has 0 bridgehead atoms. The Labute approximate surface area is 162 Å². The van der Waals surface area contributed by atoms with Crippen molar-refractivity contribution in [1.82, 2.24) is 0 Å². The standard InChI is InChI=1S/C18H18ClNO6S/c1-12(26-13-6-4-3-5-7-13)18(22)25-11-17(21)20-16-10-14(27(2,23)24)8-9-15(16)19/h3-10,12H,11H2,1-2H3,(H,20,21)/t12-/m1/s1. The zero-order valence-corrected chi connectivity index (χ0v) is 16.2. The summed E-state index contributed by atoms with van der Waals surface area (Å²) in [4.78, 5) is 23.9. The van der Waals surface area contributed by atoms with E-state index in [1.165, 1.54) is 25.1 Å². The molecular weight excluding hydrogens is 394 g/mol. The normalized spacial score (nSPS) is 12.1. The van der Waals surface area contributed by atoms with Crippen molar-refractivity contribution in [3.8, 4) is 5.75 Å². The van der Waals surface area contributed by atoms with Crippen LogP contribution in [0.2, 0.25) is 5.02 Å². The van der Waals surface area contributed by atoms with Gasteiger partial charge in [-0.15, -0.1) is 0 Å². The molecule has 0 aliphatic rings. The maximum absolute atomic E-state index is 12.0. The second kappa shape index (κ2) is 8.88. The van der Waals surface area contributed by atoms with Gasteiger partial charge in [0, 0.05) is 6.26 Å². The summed E-state index contributed by atoms with van der Waals surface area (Å²) >= 11 is 5.96. The van der Waals surface area contributed by atoms with Gasteiger partial charge in [0.1, 0.15) is 5.75 Å². The summed E-state index contributed by atoms with van der Waals surface area (Å²) in [5.74, 6) is -0.886. The molecule has 0 saturated carbocycles. The quantitative estimate of drug-likeness (QED) is 0.703. The first kappa shape index (κ1) is 20.7. The van der Waals surface area contributed by atoms with Gasteiger partial charge in [0.25, 0.3) is 5.91 Å². The van der Waals surface area contributed by atoms with E-state index in [2.05, 4.69) is 5.32 Å². The molecule has 2 rings (SSSR count). The van der Waals surface area contributed by atoms with Crippen LogP contribution in [-0.4, -0.2) is 39.3 Å². The number of ether oxygens (including phenoxy) is 2. The van der Waals surface area contributed by atoms with E-state index in [-0.39, 0.29) is 15.6 Å². The van der Waals surface area contributed by atoms with Gasteiger partial charge >= 0.3 is 5.97 Å². The van der Waals surface area contributed by atoms with E-state index in [0.717, 1.165) is 6.26 Å². The summed E-state index contributed by atoms with van der Waals surface area (Å²) < 4.78 is 33.5. The van der Waals surface area contributed by atoms with Gasteiger partial charge in [0.05, 0.1) is 15.6 Å². The van der Waals surface area contributed by atoms with Crippen LogP contribution < -0.4 is 10.1 Å². The lowest BCUT2D eigenvalue weighted by atomic mass is 10.3. The number of nitrogens with one attached hydrogen (secondary N) is 1. The first-order valence-electron chi connectivity index (χ1n) is 7.84. The van der Waals surface area contributed by atoms with Crippen LogP contribution in [0.3, 0.4) is 0 Å². The zero-order chi connectivity index (χ0) is 20.0. The number of hydrogen-bond acceptors (Lipinski definition) is 6. The molecule has 0 spiro atoms. The minimum Gasteiger partial charge on any atom is -0.479 e. The highest BCUT2D eigenvalue weighted by Gasteiger charge is 2.18. The largest absolute Gasteiger partial charge is 0.479 e. The summed E-state index contributed by atoms with van der Waals surface area (Å²) in [6, 6.07) is 12.6. The maximum atomic E-state index is 12.0. The van der Waals surface area contributed by atoms with Crippen LogP contribution >= 0.6 is 11.6 Å². The van der Waals surface area contributed by atoms with Crippen LogP contribution in [0.15, 0.2) is 53.4 Å². The number of sulfone groups is 1. The van der Waals surface area contributed by atoms with E-state index < -0.39 is 34.4 Å². The Kier molecular flexibility index (Phi) is 6.81. The highest BCUT2D eigenvalue weighted by Crippen LogP contribution is 2.25. The number of amides is 1. The third kappa shape index (κ3) is 6.26. The topological polar surface area (TPSA) is 98.8 Å². The van der Waals surface area contributed by atoms with Crippen molar-refractivity contribution in [3.05, 3.63) is 53.6 Å². The molecule has 2 aromatic carbocycles. The molecule has 0 heterocycles. The number of rotatable bonds is 7. The molecule has 0 unspecified atom stereocenters. The Bertz CT molecular complexity index is 930. The average Bonchev–Trinajstić information content (AvgIpc) is 2.61. The lowest BCUT2D eigenvalue weighted by Crippen LogP contribution is -2.29. The fourth-order valence-electron chi connectivity index (χ4n) is 2.02. The molecule has 1 N–H and O–H groups in total. The van der Waals surface area contributed by atoms with E-state index in [1.54, 1.807) is 24.3 Å². The first-order chi connectivity index (χ1) is 12.7. The molecule has 0 fully saturated rings. The smallest absolute Gasteiger partial charge is 0.347 e. The predicted octanol–water partition coefficient (Wildman–Crippen LogP) is 2.69. The fraction of sp³-hybridized carbons (Fsp3) is 0.222. The van der Waals surface area contributed by atoms with Gasteiger partial charge in [0.2, 0.25) is 0 Å². The van der Waals surface area contributed by atoms with Crippen LogP contribution in [-0.2, 0) is 24.2 Å². The number of esters is 1. The molecule has 1 atom stereocenters. The molecule has 9 heteroatoms. The number of benzene rings is 2. The highest BCUT2D eigenvalue weighted by molar-refractivity contribution is 7.90. The molecule has 0 aromatic heterocycles. The molecule has 1 amide bonds. The lowest BCUT2D eigenvalue weighted by Gasteiger charge is -2.14. The van der Waals surface area contributed by atoms with E-state index in [9.17, 15) is 18.0 Å². The summed E-state index contributed by atoms with van der Waals surface area (Å²) in [7, 11) is -3.46. The van der Waals surface area contributed by atoms with Crippen LogP contribution in [0.25, 0.3) is 0 Å². The molecule has 0 aliphatic heterocycles. The minimum atomic E-state index is -3.46. The zero-order valence-electron chi connectivity index (χ0n) is 14.6. The Morgan fingerprint density at radius 3 is 2.44 bits per heavy atom. The molecule has 0 radical (unpaired) electrons. The summed E-state index contributed by atoms with van der Waals surface area (Å²) in [5.41, 5.74) is 0.106. The van der Waals surface area contributed by atoms with Gasteiger partial charge in [-0.3, -0.25) is 4.79 Å². The number of halogens is 1.